The third-order valence-electron chi connectivity index (χ3n) is 0.992. The molecular weight excluding hydrogens is 116 g/mol. The van der Waals surface area contributed by atoms with E-state index in [-0.39, 0.29) is 12.7 Å². The number of hydrogen-bond donors (Lipinski definition) is 1. The molecule has 0 aliphatic heterocycles. The highest BCUT2D eigenvalue weighted by atomic mass is 16.5. The van der Waals surface area contributed by atoms with Crippen LogP contribution in [0.5, 0.6) is 0 Å². The van der Waals surface area contributed by atoms with Crippen LogP contribution in [0.2, 0.25) is 0 Å². The average molecular weight is 130 g/mol. The molecule has 0 saturated carbocycles. The van der Waals surface area contributed by atoms with E-state index in [1.165, 1.54) is 0 Å². The van der Waals surface area contributed by atoms with Gasteiger partial charge in [-0.15, -0.1) is 6.58 Å². The van der Waals surface area contributed by atoms with Gasteiger partial charge in [0, 0.05) is 0 Å². The van der Waals surface area contributed by atoms with E-state index in [2.05, 4.69) is 6.58 Å². The minimum Gasteiger partial charge on any atom is -0.394 e. The van der Waals surface area contributed by atoms with Crippen LogP contribution in [0.3, 0.4) is 0 Å². The van der Waals surface area contributed by atoms with Gasteiger partial charge in [-0.3, -0.25) is 0 Å². The molecule has 1 unspecified atom stereocenters. The van der Waals surface area contributed by atoms with Crippen LogP contribution in [0.15, 0.2) is 12.7 Å². The van der Waals surface area contributed by atoms with Crippen molar-refractivity contribution in [1.29, 1.82) is 0 Å². The predicted octanol–water partition coefficient (Wildman–Crippen LogP) is 0.960. The highest BCUT2D eigenvalue weighted by molar-refractivity contribution is 4.70. The standard InChI is InChI=1S/C7H14O2/c1-3-4-7(2)9-6-5-8/h3,7-8H,1,4-6H2,2H3. The fourth-order valence-corrected chi connectivity index (χ4v) is 0.557. The van der Waals surface area contributed by atoms with Gasteiger partial charge < -0.3 is 9.84 Å². The molecule has 0 spiro atoms. The van der Waals surface area contributed by atoms with Crippen LogP contribution in [-0.2, 0) is 4.74 Å². The molecule has 0 aliphatic rings. The van der Waals surface area contributed by atoms with Gasteiger partial charge in [0.05, 0.1) is 19.3 Å². The van der Waals surface area contributed by atoms with Crippen molar-refractivity contribution in [3.63, 3.8) is 0 Å². The molecule has 0 fully saturated rings. The summed E-state index contributed by atoms with van der Waals surface area (Å²) < 4.78 is 5.11. The van der Waals surface area contributed by atoms with Crippen molar-refractivity contribution in [2.24, 2.45) is 0 Å². The summed E-state index contributed by atoms with van der Waals surface area (Å²) in [5.74, 6) is 0. The third kappa shape index (κ3) is 5.53. The Bertz CT molecular complexity index is 71.3. The van der Waals surface area contributed by atoms with E-state index in [0.29, 0.717) is 6.61 Å². The third-order valence-corrected chi connectivity index (χ3v) is 0.992. The van der Waals surface area contributed by atoms with Crippen LogP contribution in [-0.4, -0.2) is 24.4 Å². The van der Waals surface area contributed by atoms with Crippen molar-refractivity contribution in [1.82, 2.24) is 0 Å². The van der Waals surface area contributed by atoms with Crippen molar-refractivity contribution in [2.45, 2.75) is 19.4 Å². The SMILES string of the molecule is C=CCC(C)OCCO. The molecule has 2 heteroatoms. The summed E-state index contributed by atoms with van der Waals surface area (Å²) >= 11 is 0. The molecule has 0 aromatic heterocycles. The number of aliphatic hydroxyl groups is 1. The molecule has 0 radical (unpaired) electrons. The number of aliphatic hydroxyl groups excluding tert-OH is 1. The van der Waals surface area contributed by atoms with E-state index in [1.54, 1.807) is 0 Å². The molecule has 1 atom stereocenters. The summed E-state index contributed by atoms with van der Waals surface area (Å²) in [7, 11) is 0. The van der Waals surface area contributed by atoms with E-state index < -0.39 is 0 Å². The zero-order valence-electron chi connectivity index (χ0n) is 5.84. The van der Waals surface area contributed by atoms with E-state index >= 15 is 0 Å². The average Bonchev–Trinajstić information content (AvgIpc) is 1.85. The minimum absolute atomic E-state index is 0.0987. The number of hydrogen-bond acceptors (Lipinski definition) is 2. The second-order valence-corrected chi connectivity index (χ2v) is 1.93. The predicted molar refractivity (Wildman–Crippen MR) is 37.3 cm³/mol. The summed E-state index contributed by atoms with van der Waals surface area (Å²) in [5, 5.41) is 8.33. The van der Waals surface area contributed by atoms with Gasteiger partial charge in [0.2, 0.25) is 0 Å². The lowest BCUT2D eigenvalue weighted by atomic mass is 10.3. The Hall–Kier alpha value is -0.340. The van der Waals surface area contributed by atoms with E-state index in [0.717, 1.165) is 6.42 Å². The fourth-order valence-electron chi connectivity index (χ4n) is 0.557. The van der Waals surface area contributed by atoms with Gasteiger partial charge in [-0.05, 0) is 13.3 Å². The molecule has 9 heavy (non-hydrogen) atoms. The maximum atomic E-state index is 8.33. The van der Waals surface area contributed by atoms with Crippen LogP contribution in [0.4, 0.5) is 0 Å². The van der Waals surface area contributed by atoms with Gasteiger partial charge in [0.15, 0.2) is 0 Å². The first-order valence-electron chi connectivity index (χ1n) is 3.14. The van der Waals surface area contributed by atoms with E-state index in [4.69, 9.17) is 9.84 Å². The lowest BCUT2D eigenvalue weighted by molar-refractivity contribution is 0.0410. The lowest BCUT2D eigenvalue weighted by Crippen LogP contribution is -2.09. The topological polar surface area (TPSA) is 29.5 Å². The van der Waals surface area contributed by atoms with Crippen LogP contribution in [0.1, 0.15) is 13.3 Å². The lowest BCUT2D eigenvalue weighted by Gasteiger charge is -2.07. The highest BCUT2D eigenvalue weighted by Crippen LogP contribution is 1.95. The van der Waals surface area contributed by atoms with Crippen molar-refractivity contribution < 1.29 is 9.84 Å². The number of rotatable bonds is 5. The molecule has 0 rings (SSSR count). The summed E-state index contributed by atoms with van der Waals surface area (Å²) in [5.41, 5.74) is 0. The Morgan fingerprint density at radius 1 is 1.78 bits per heavy atom. The zero-order chi connectivity index (χ0) is 7.11. The molecular formula is C7H14O2. The summed E-state index contributed by atoms with van der Waals surface area (Å²) in [6.07, 6.45) is 2.84. The van der Waals surface area contributed by atoms with Crippen molar-refractivity contribution in [3.05, 3.63) is 12.7 Å². The quantitative estimate of drug-likeness (QED) is 0.562. The van der Waals surface area contributed by atoms with Crippen molar-refractivity contribution in [2.75, 3.05) is 13.2 Å². The second-order valence-electron chi connectivity index (χ2n) is 1.93. The zero-order valence-corrected chi connectivity index (χ0v) is 5.84. The Labute approximate surface area is 56.1 Å². The maximum absolute atomic E-state index is 8.33. The van der Waals surface area contributed by atoms with E-state index in [1.807, 2.05) is 13.0 Å². The molecule has 0 aromatic carbocycles. The molecule has 1 N–H and O–H groups in total. The molecule has 54 valence electrons. The van der Waals surface area contributed by atoms with Crippen LogP contribution in [0, 0.1) is 0 Å². The van der Waals surface area contributed by atoms with Gasteiger partial charge in [0.1, 0.15) is 0 Å². The monoisotopic (exact) mass is 130 g/mol. The smallest absolute Gasteiger partial charge is 0.0701 e. The van der Waals surface area contributed by atoms with Crippen LogP contribution in [0.25, 0.3) is 0 Å². The van der Waals surface area contributed by atoms with Crippen LogP contribution < -0.4 is 0 Å². The number of ether oxygens (including phenoxy) is 1. The Morgan fingerprint density at radius 2 is 2.44 bits per heavy atom. The summed E-state index contributed by atoms with van der Waals surface area (Å²) in [6.45, 7) is 6.05. The molecule has 0 aliphatic carbocycles. The normalized spacial score (nSPS) is 13.1. The summed E-state index contributed by atoms with van der Waals surface area (Å²) in [6, 6.07) is 0. The Morgan fingerprint density at radius 3 is 2.89 bits per heavy atom. The fraction of sp³-hybridized carbons (Fsp3) is 0.714. The van der Waals surface area contributed by atoms with E-state index in [9.17, 15) is 0 Å². The van der Waals surface area contributed by atoms with Gasteiger partial charge in [0.25, 0.3) is 0 Å². The molecule has 0 saturated heterocycles. The maximum Gasteiger partial charge on any atom is 0.0701 e. The van der Waals surface area contributed by atoms with Gasteiger partial charge in [-0.25, -0.2) is 0 Å². The van der Waals surface area contributed by atoms with Crippen molar-refractivity contribution in [3.8, 4) is 0 Å². The molecule has 2 nitrogen and oxygen atoms in total. The molecule has 0 amide bonds. The van der Waals surface area contributed by atoms with Gasteiger partial charge >= 0.3 is 0 Å². The van der Waals surface area contributed by atoms with Crippen molar-refractivity contribution >= 4 is 0 Å². The highest BCUT2D eigenvalue weighted by Gasteiger charge is 1.95. The van der Waals surface area contributed by atoms with Crippen LogP contribution >= 0.6 is 0 Å². The minimum atomic E-state index is 0.0987. The molecule has 0 aromatic rings. The Kier molecular flexibility index (Phi) is 5.57. The van der Waals surface area contributed by atoms with Gasteiger partial charge in [-0.1, -0.05) is 6.08 Å². The molecule has 0 heterocycles. The summed E-state index contributed by atoms with van der Waals surface area (Å²) in [4.78, 5) is 0. The first-order valence-corrected chi connectivity index (χ1v) is 3.14. The molecule has 0 bridgehead atoms. The second kappa shape index (κ2) is 5.79. The Balaban J connectivity index is 3.04. The largest absolute Gasteiger partial charge is 0.394 e. The first kappa shape index (κ1) is 8.66. The first-order chi connectivity index (χ1) is 4.31. The van der Waals surface area contributed by atoms with Gasteiger partial charge in [-0.2, -0.15) is 0 Å².